The van der Waals surface area contributed by atoms with Gasteiger partial charge in [-0.1, -0.05) is 6.92 Å². The molecule has 0 aliphatic carbocycles. The minimum atomic E-state index is -3.11. The Morgan fingerprint density at radius 3 is 2.56 bits per heavy atom. The second kappa shape index (κ2) is 10.0. The fraction of sp³-hybridized carbons (Fsp3) is 1.00. The maximum Gasteiger partial charge on any atom is 0.211 e. The molecule has 98 valence electrons. The first kappa shape index (κ1) is 15.8. The van der Waals surface area contributed by atoms with Crippen LogP contribution in [0.25, 0.3) is 0 Å². The predicted molar refractivity (Wildman–Crippen MR) is 65.8 cm³/mol. The van der Waals surface area contributed by atoms with Gasteiger partial charge < -0.3 is 10.5 Å². The highest BCUT2D eigenvalue weighted by Crippen LogP contribution is 1.93. The van der Waals surface area contributed by atoms with Crippen LogP contribution < -0.4 is 10.5 Å². The molecule has 0 saturated heterocycles. The third kappa shape index (κ3) is 10.4. The summed E-state index contributed by atoms with van der Waals surface area (Å²) in [5.74, 6) is 0.167. The molecule has 6 heteroatoms. The minimum Gasteiger partial charge on any atom is -0.381 e. The van der Waals surface area contributed by atoms with Crippen LogP contribution in [0.3, 0.4) is 0 Å². The number of rotatable bonds is 11. The van der Waals surface area contributed by atoms with Crippen molar-refractivity contribution in [2.75, 3.05) is 32.1 Å². The van der Waals surface area contributed by atoms with E-state index in [9.17, 15) is 8.42 Å². The zero-order valence-electron chi connectivity index (χ0n) is 10.1. The van der Waals surface area contributed by atoms with E-state index in [0.717, 1.165) is 25.9 Å². The molecule has 0 bridgehead atoms. The van der Waals surface area contributed by atoms with Gasteiger partial charge in [0.2, 0.25) is 10.0 Å². The molecule has 0 rings (SSSR count). The summed E-state index contributed by atoms with van der Waals surface area (Å²) in [6.07, 6.45) is 3.08. The van der Waals surface area contributed by atoms with Crippen molar-refractivity contribution in [3.05, 3.63) is 0 Å². The molecule has 16 heavy (non-hydrogen) atoms. The Morgan fingerprint density at radius 1 is 1.19 bits per heavy atom. The van der Waals surface area contributed by atoms with Gasteiger partial charge in [0, 0.05) is 19.8 Å². The van der Waals surface area contributed by atoms with Crippen LogP contribution in [-0.2, 0) is 14.8 Å². The third-order valence-corrected chi connectivity index (χ3v) is 3.47. The number of unbranched alkanes of at least 4 members (excludes halogenated alkanes) is 1. The molecular formula is C10H24N2O3S. The second-order valence-electron chi connectivity index (χ2n) is 3.67. The Labute approximate surface area is 98.8 Å². The normalized spacial score (nSPS) is 11.9. The third-order valence-electron chi connectivity index (χ3n) is 2.00. The molecule has 0 fully saturated rings. The standard InChI is InChI=1S/C10H24N2O3S/c1-2-8-15-9-5-7-12-16(13,14)10-4-3-6-11/h12H,2-11H2,1H3. The Kier molecular flexibility index (Phi) is 9.91. The first-order chi connectivity index (χ1) is 7.62. The van der Waals surface area contributed by atoms with Crippen molar-refractivity contribution in [2.24, 2.45) is 5.73 Å². The smallest absolute Gasteiger partial charge is 0.211 e. The molecule has 0 aliphatic rings. The average molecular weight is 252 g/mol. The fourth-order valence-electron chi connectivity index (χ4n) is 1.16. The van der Waals surface area contributed by atoms with Crippen molar-refractivity contribution in [1.82, 2.24) is 4.72 Å². The summed E-state index contributed by atoms with van der Waals surface area (Å²) in [7, 11) is -3.11. The van der Waals surface area contributed by atoms with Crippen molar-refractivity contribution in [2.45, 2.75) is 32.6 Å². The van der Waals surface area contributed by atoms with Crippen LogP contribution in [0.15, 0.2) is 0 Å². The molecule has 0 atom stereocenters. The number of hydrogen-bond donors (Lipinski definition) is 2. The van der Waals surface area contributed by atoms with Gasteiger partial charge in [0.15, 0.2) is 0 Å². The number of nitrogens with two attached hydrogens (primary N) is 1. The summed E-state index contributed by atoms with van der Waals surface area (Å²) in [6.45, 7) is 4.39. The van der Waals surface area contributed by atoms with E-state index in [2.05, 4.69) is 4.72 Å². The monoisotopic (exact) mass is 252 g/mol. The molecule has 0 radical (unpaired) electrons. The van der Waals surface area contributed by atoms with E-state index in [-0.39, 0.29) is 5.75 Å². The minimum absolute atomic E-state index is 0.167. The molecule has 3 N–H and O–H groups in total. The number of nitrogens with one attached hydrogen (secondary N) is 1. The molecule has 0 heterocycles. The number of sulfonamides is 1. The van der Waals surface area contributed by atoms with Crippen LogP contribution in [0.4, 0.5) is 0 Å². The molecule has 0 aromatic heterocycles. The summed E-state index contributed by atoms with van der Waals surface area (Å²) < 4.78 is 30.6. The molecule has 0 aromatic carbocycles. The zero-order chi connectivity index (χ0) is 12.3. The highest BCUT2D eigenvalue weighted by atomic mass is 32.2. The highest BCUT2D eigenvalue weighted by Gasteiger charge is 2.07. The first-order valence-electron chi connectivity index (χ1n) is 5.87. The Morgan fingerprint density at radius 2 is 1.94 bits per heavy atom. The second-order valence-corrected chi connectivity index (χ2v) is 5.60. The first-order valence-corrected chi connectivity index (χ1v) is 7.52. The van der Waals surface area contributed by atoms with Crippen LogP contribution in [-0.4, -0.2) is 40.5 Å². The van der Waals surface area contributed by atoms with Crippen molar-refractivity contribution >= 4 is 10.0 Å². The Hall–Kier alpha value is -0.170. The molecule has 0 aliphatic heterocycles. The van der Waals surface area contributed by atoms with Gasteiger partial charge in [-0.15, -0.1) is 0 Å². The molecule has 0 aromatic rings. The van der Waals surface area contributed by atoms with Gasteiger partial charge in [-0.3, -0.25) is 0 Å². The van der Waals surface area contributed by atoms with Gasteiger partial charge in [0.1, 0.15) is 0 Å². The topological polar surface area (TPSA) is 81.4 Å². The summed E-state index contributed by atoms with van der Waals surface area (Å²) >= 11 is 0. The maximum atomic E-state index is 11.4. The van der Waals surface area contributed by atoms with Crippen molar-refractivity contribution < 1.29 is 13.2 Å². The van der Waals surface area contributed by atoms with Crippen LogP contribution in [0, 0.1) is 0 Å². The lowest BCUT2D eigenvalue weighted by atomic mass is 10.3. The van der Waals surface area contributed by atoms with Crippen molar-refractivity contribution in [1.29, 1.82) is 0 Å². The molecule has 0 saturated carbocycles. The van der Waals surface area contributed by atoms with E-state index in [1.807, 2.05) is 6.92 Å². The zero-order valence-corrected chi connectivity index (χ0v) is 10.9. The lowest BCUT2D eigenvalue weighted by Crippen LogP contribution is -2.28. The van der Waals surface area contributed by atoms with Crippen molar-refractivity contribution in [3.63, 3.8) is 0 Å². The van der Waals surface area contributed by atoms with Gasteiger partial charge in [-0.2, -0.15) is 0 Å². The van der Waals surface area contributed by atoms with Crippen molar-refractivity contribution in [3.8, 4) is 0 Å². The lowest BCUT2D eigenvalue weighted by Gasteiger charge is -2.06. The largest absolute Gasteiger partial charge is 0.381 e. The summed E-state index contributed by atoms with van der Waals surface area (Å²) in [6, 6.07) is 0. The maximum absolute atomic E-state index is 11.4. The quantitative estimate of drug-likeness (QED) is 0.523. The van der Waals surface area contributed by atoms with Gasteiger partial charge in [0.05, 0.1) is 5.75 Å². The van der Waals surface area contributed by atoms with Crippen LogP contribution in [0.2, 0.25) is 0 Å². The number of ether oxygens (including phenoxy) is 1. The Balaban J connectivity index is 3.43. The SMILES string of the molecule is CCCOCCCNS(=O)(=O)CCCCN. The fourth-order valence-corrected chi connectivity index (χ4v) is 2.34. The van der Waals surface area contributed by atoms with Gasteiger partial charge >= 0.3 is 0 Å². The van der Waals surface area contributed by atoms with Crippen LogP contribution >= 0.6 is 0 Å². The van der Waals surface area contributed by atoms with Crippen LogP contribution in [0.1, 0.15) is 32.6 Å². The van der Waals surface area contributed by atoms with E-state index in [1.54, 1.807) is 0 Å². The van der Waals surface area contributed by atoms with E-state index < -0.39 is 10.0 Å². The van der Waals surface area contributed by atoms with E-state index in [0.29, 0.717) is 26.1 Å². The van der Waals surface area contributed by atoms with Crippen LogP contribution in [0.5, 0.6) is 0 Å². The van der Waals surface area contributed by atoms with Gasteiger partial charge in [0.25, 0.3) is 0 Å². The molecule has 5 nitrogen and oxygen atoms in total. The molecule has 0 unspecified atom stereocenters. The molecular weight excluding hydrogens is 228 g/mol. The summed E-state index contributed by atoms with van der Waals surface area (Å²) in [4.78, 5) is 0. The Bertz CT molecular complexity index is 242. The van der Waals surface area contributed by atoms with E-state index in [4.69, 9.17) is 10.5 Å². The molecule has 0 spiro atoms. The lowest BCUT2D eigenvalue weighted by molar-refractivity contribution is 0.133. The average Bonchev–Trinajstić information content (AvgIpc) is 2.23. The summed E-state index contributed by atoms with van der Waals surface area (Å²) in [5.41, 5.74) is 5.29. The highest BCUT2D eigenvalue weighted by molar-refractivity contribution is 7.89. The number of hydrogen-bond acceptors (Lipinski definition) is 4. The summed E-state index contributed by atoms with van der Waals surface area (Å²) in [5, 5.41) is 0. The van der Waals surface area contributed by atoms with Gasteiger partial charge in [-0.25, -0.2) is 13.1 Å². The predicted octanol–water partition coefficient (Wildman–Crippen LogP) is 0.461. The van der Waals surface area contributed by atoms with E-state index >= 15 is 0 Å². The van der Waals surface area contributed by atoms with Gasteiger partial charge in [-0.05, 0) is 32.2 Å². The molecule has 0 amide bonds. The van der Waals surface area contributed by atoms with E-state index in [1.165, 1.54) is 0 Å².